The fourth-order valence-corrected chi connectivity index (χ4v) is 2.69. The van der Waals surface area contributed by atoms with Gasteiger partial charge >= 0.3 is 0 Å². The van der Waals surface area contributed by atoms with Crippen LogP contribution in [0.1, 0.15) is 32.1 Å². The number of hydrogen-bond acceptors (Lipinski definition) is 3. The van der Waals surface area contributed by atoms with Gasteiger partial charge in [0.15, 0.2) is 0 Å². The minimum Gasteiger partial charge on any atom is -0.317 e. The molecule has 0 aliphatic carbocycles. The van der Waals surface area contributed by atoms with Crippen molar-refractivity contribution < 1.29 is 0 Å². The molecule has 0 amide bonds. The number of nitrogens with zero attached hydrogens (tertiary/aromatic N) is 1. The van der Waals surface area contributed by atoms with Crippen molar-refractivity contribution in [3.8, 4) is 0 Å². The number of likely N-dealkylation sites (tertiary alicyclic amines) is 1. The van der Waals surface area contributed by atoms with E-state index in [-0.39, 0.29) is 0 Å². The summed E-state index contributed by atoms with van der Waals surface area (Å²) in [6, 6.07) is 1.55. The molecule has 2 heterocycles. The van der Waals surface area contributed by atoms with Crippen molar-refractivity contribution >= 4 is 0 Å². The second-order valence-corrected chi connectivity index (χ2v) is 5.12. The van der Waals surface area contributed by atoms with E-state index >= 15 is 0 Å². The van der Waals surface area contributed by atoms with Crippen LogP contribution in [0.4, 0.5) is 0 Å². The van der Waals surface area contributed by atoms with Gasteiger partial charge in [0.05, 0.1) is 0 Å². The Labute approximate surface area is 93.6 Å². The average molecular weight is 211 g/mol. The van der Waals surface area contributed by atoms with Crippen LogP contribution in [0.25, 0.3) is 0 Å². The first-order chi connectivity index (χ1) is 7.34. The summed E-state index contributed by atoms with van der Waals surface area (Å²) in [5.41, 5.74) is 0. The predicted octanol–water partition coefficient (Wildman–Crippen LogP) is 0.812. The van der Waals surface area contributed by atoms with Crippen molar-refractivity contribution in [1.82, 2.24) is 15.5 Å². The van der Waals surface area contributed by atoms with Gasteiger partial charge < -0.3 is 15.5 Å². The van der Waals surface area contributed by atoms with E-state index in [0.717, 1.165) is 12.1 Å². The Hall–Kier alpha value is -0.120. The fourth-order valence-electron chi connectivity index (χ4n) is 2.69. The molecule has 1 unspecified atom stereocenters. The molecule has 0 aromatic rings. The van der Waals surface area contributed by atoms with Gasteiger partial charge in [-0.2, -0.15) is 0 Å². The van der Waals surface area contributed by atoms with Crippen LogP contribution in [0.2, 0.25) is 0 Å². The number of hydrogen-bond donors (Lipinski definition) is 2. The van der Waals surface area contributed by atoms with E-state index in [2.05, 4.69) is 22.6 Å². The van der Waals surface area contributed by atoms with Crippen LogP contribution in [-0.4, -0.2) is 50.2 Å². The molecule has 1 atom stereocenters. The molecule has 2 N–H and O–H groups in total. The SMILES string of the molecule is CN1CCC(NC2CCCNCC2)CC1. The van der Waals surface area contributed by atoms with Gasteiger partial charge in [0.25, 0.3) is 0 Å². The lowest BCUT2D eigenvalue weighted by atomic mass is 10.0. The Kier molecular flexibility index (Phi) is 4.42. The second kappa shape index (κ2) is 5.83. The highest BCUT2D eigenvalue weighted by atomic mass is 15.1. The first kappa shape index (κ1) is 11.4. The summed E-state index contributed by atoms with van der Waals surface area (Å²) in [6.45, 7) is 4.95. The molecule has 2 fully saturated rings. The Morgan fingerprint density at radius 3 is 2.53 bits per heavy atom. The lowest BCUT2D eigenvalue weighted by Gasteiger charge is -2.32. The molecule has 15 heavy (non-hydrogen) atoms. The molecule has 0 aromatic carbocycles. The van der Waals surface area contributed by atoms with Gasteiger partial charge in [0, 0.05) is 12.1 Å². The van der Waals surface area contributed by atoms with Crippen LogP contribution < -0.4 is 10.6 Å². The summed E-state index contributed by atoms with van der Waals surface area (Å²) in [4.78, 5) is 2.44. The first-order valence-electron chi connectivity index (χ1n) is 6.50. The molecule has 0 radical (unpaired) electrons. The molecule has 2 rings (SSSR count). The third-order valence-electron chi connectivity index (χ3n) is 3.77. The topological polar surface area (TPSA) is 27.3 Å². The maximum absolute atomic E-state index is 3.85. The van der Waals surface area contributed by atoms with Crippen molar-refractivity contribution in [2.24, 2.45) is 0 Å². The maximum Gasteiger partial charge on any atom is 0.00940 e. The smallest absolute Gasteiger partial charge is 0.00940 e. The number of piperidine rings is 1. The fraction of sp³-hybridized carbons (Fsp3) is 1.00. The van der Waals surface area contributed by atoms with Crippen LogP contribution in [0.3, 0.4) is 0 Å². The lowest BCUT2D eigenvalue weighted by Crippen LogP contribution is -2.45. The van der Waals surface area contributed by atoms with Gasteiger partial charge in [-0.05, 0) is 65.3 Å². The van der Waals surface area contributed by atoms with Gasteiger partial charge in [-0.1, -0.05) is 0 Å². The van der Waals surface area contributed by atoms with Gasteiger partial charge in [0.1, 0.15) is 0 Å². The van der Waals surface area contributed by atoms with Crippen molar-refractivity contribution in [2.45, 2.75) is 44.2 Å². The summed E-state index contributed by atoms with van der Waals surface area (Å²) in [5, 5.41) is 7.32. The minimum absolute atomic E-state index is 0.772. The Bertz CT molecular complexity index is 168. The van der Waals surface area contributed by atoms with E-state index in [1.54, 1.807) is 0 Å². The first-order valence-corrected chi connectivity index (χ1v) is 6.50. The summed E-state index contributed by atoms with van der Waals surface area (Å²) in [6.07, 6.45) is 6.68. The zero-order chi connectivity index (χ0) is 10.5. The van der Waals surface area contributed by atoms with Crippen molar-refractivity contribution in [1.29, 1.82) is 0 Å². The molecule has 2 saturated heterocycles. The molecule has 3 nitrogen and oxygen atoms in total. The van der Waals surface area contributed by atoms with E-state index in [1.807, 2.05) is 0 Å². The lowest BCUT2D eigenvalue weighted by molar-refractivity contribution is 0.221. The molecular weight excluding hydrogens is 186 g/mol. The quantitative estimate of drug-likeness (QED) is 0.708. The third kappa shape index (κ3) is 3.74. The standard InChI is InChI=1S/C12H25N3/c1-15-9-5-12(6-10-15)14-11-3-2-7-13-8-4-11/h11-14H,2-10H2,1H3. The number of nitrogens with one attached hydrogen (secondary N) is 2. The monoisotopic (exact) mass is 211 g/mol. The number of rotatable bonds is 2. The predicted molar refractivity (Wildman–Crippen MR) is 64.2 cm³/mol. The molecule has 88 valence electrons. The van der Waals surface area contributed by atoms with Crippen LogP contribution in [-0.2, 0) is 0 Å². The highest BCUT2D eigenvalue weighted by molar-refractivity contribution is 4.81. The zero-order valence-corrected chi connectivity index (χ0v) is 9.97. The second-order valence-electron chi connectivity index (χ2n) is 5.12. The van der Waals surface area contributed by atoms with Crippen LogP contribution >= 0.6 is 0 Å². The van der Waals surface area contributed by atoms with Crippen LogP contribution in [0.15, 0.2) is 0 Å². The van der Waals surface area contributed by atoms with Gasteiger partial charge in [-0.25, -0.2) is 0 Å². The minimum atomic E-state index is 0.772. The van der Waals surface area contributed by atoms with E-state index in [0.29, 0.717) is 0 Å². The molecule has 0 saturated carbocycles. The van der Waals surface area contributed by atoms with Crippen molar-refractivity contribution in [3.63, 3.8) is 0 Å². The van der Waals surface area contributed by atoms with E-state index < -0.39 is 0 Å². The molecule has 3 heteroatoms. The molecule has 2 aliphatic rings. The van der Waals surface area contributed by atoms with Crippen LogP contribution in [0.5, 0.6) is 0 Å². The molecule has 2 aliphatic heterocycles. The largest absolute Gasteiger partial charge is 0.317 e. The van der Waals surface area contributed by atoms with Crippen LogP contribution in [0, 0.1) is 0 Å². The zero-order valence-electron chi connectivity index (χ0n) is 9.97. The third-order valence-corrected chi connectivity index (χ3v) is 3.77. The highest BCUT2D eigenvalue weighted by Gasteiger charge is 2.20. The maximum atomic E-state index is 3.85. The van der Waals surface area contributed by atoms with E-state index in [4.69, 9.17) is 0 Å². The summed E-state index contributed by atoms with van der Waals surface area (Å²) in [5.74, 6) is 0. The summed E-state index contributed by atoms with van der Waals surface area (Å²) < 4.78 is 0. The molecule has 0 aromatic heterocycles. The average Bonchev–Trinajstić information content (AvgIpc) is 2.50. The van der Waals surface area contributed by atoms with Crippen molar-refractivity contribution in [2.75, 3.05) is 33.2 Å². The Balaban J connectivity index is 1.70. The Morgan fingerprint density at radius 1 is 1.00 bits per heavy atom. The summed E-state index contributed by atoms with van der Waals surface area (Å²) in [7, 11) is 2.23. The molecule has 0 bridgehead atoms. The normalized spacial score (nSPS) is 31.4. The van der Waals surface area contributed by atoms with Crippen molar-refractivity contribution in [3.05, 3.63) is 0 Å². The highest BCUT2D eigenvalue weighted by Crippen LogP contribution is 2.12. The Morgan fingerprint density at radius 2 is 1.73 bits per heavy atom. The van der Waals surface area contributed by atoms with Gasteiger partial charge in [0.2, 0.25) is 0 Å². The van der Waals surface area contributed by atoms with E-state index in [9.17, 15) is 0 Å². The van der Waals surface area contributed by atoms with Gasteiger partial charge in [-0.15, -0.1) is 0 Å². The van der Waals surface area contributed by atoms with E-state index in [1.165, 1.54) is 58.3 Å². The molecular formula is C12H25N3. The molecule has 0 spiro atoms. The van der Waals surface area contributed by atoms with Gasteiger partial charge in [-0.3, -0.25) is 0 Å². The summed E-state index contributed by atoms with van der Waals surface area (Å²) >= 11 is 0.